The van der Waals surface area contributed by atoms with Crippen LogP contribution in [0.25, 0.3) is 11.0 Å². The average molecular weight is 442 g/mol. The minimum absolute atomic E-state index is 0.0573. The van der Waals surface area contributed by atoms with Crippen LogP contribution in [0, 0.1) is 0 Å². The van der Waals surface area contributed by atoms with Gasteiger partial charge in [0.15, 0.2) is 0 Å². The van der Waals surface area contributed by atoms with E-state index in [0.29, 0.717) is 17.6 Å². The zero-order valence-electron chi connectivity index (χ0n) is 18.6. The Balaban J connectivity index is 1.55. The van der Waals surface area contributed by atoms with Crippen LogP contribution >= 0.6 is 0 Å². The summed E-state index contributed by atoms with van der Waals surface area (Å²) < 4.78 is 2.75. The van der Waals surface area contributed by atoms with Gasteiger partial charge in [-0.2, -0.15) is 0 Å². The van der Waals surface area contributed by atoms with Crippen LogP contribution in [-0.2, 0) is 24.3 Å². The van der Waals surface area contributed by atoms with Crippen LogP contribution in [0.5, 0.6) is 0 Å². The van der Waals surface area contributed by atoms with Crippen molar-refractivity contribution in [3.05, 3.63) is 117 Å². The number of nitrogens with one attached hydrogen (secondary N) is 1. The summed E-state index contributed by atoms with van der Waals surface area (Å²) in [6.45, 7) is 2.04. The molecule has 6 nitrogen and oxygen atoms in total. The van der Waals surface area contributed by atoms with Gasteiger partial charge < -0.3 is 5.32 Å². The van der Waals surface area contributed by atoms with Gasteiger partial charge in [-0.15, -0.1) is 0 Å². The predicted molar refractivity (Wildman–Crippen MR) is 130 cm³/mol. The molecule has 0 spiro atoms. The van der Waals surface area contributed by atoms with E-state index < -0.39 is 11.1 Å². The second-order valence-corrected chi connectivity index (χ2v) is 8.25. The Kier molecular flexibility index (Phi) is 6.83. The highest BCUT2D eigenvalue weighted by atomic mass is 16.2. The third-order valence-corrected chi connectivity index (χ3v) is 5.74. The number of hydrogen-bond donors (Lipinski definition) is 1. The van der Waals surface area contributed by atoms with E-state index in [9.17, 15) is 14.4 Å². The molecule has 1 atom stereocenters. The van der Waals surface area contributed by atoms with Gasteiger partial charge in [-0.05, 0) is 43.0 Å². The Bertz CT molecular complexity index is 1360. The second kappa shape index (κ2) is 10.1. The fraction of sp³-hybridized carbons (Fsp3) is 0.222. The number of nitrogens with zero attached hydrogens (tertiary/aromatic N) is 2. The van der Waals surface area contributed by atoms with Crippen LogP contribution in [0.3, 0.4) is 0 Å². The molecule has 0 aliphatic heterocycles. The molecule has 6 heteroatoms. The number of fused-ring (bicyclic) bond motifs is 1. The van der Waals surface area contributed by atoms with Gasteiger partial charge in [-0.25, -0.2) is 0 Å². The number of rotatable bonds is 8. The van der Waals surface area contributed by atoms with Crippen LogP contribution in [0.15, 0.2) is 94.5 Å². The van der Waals surface area contributed by atoms with Gasteiger partial charge >= 0.3 is 11.1 Å². The van der Waals surface area contributed by atoms with E-state index in [1.165, 1.54) is 14.7 Å². The number of para-hydroxylation sites is 2. The number of benzene rings is 3. The standard InChI is InChI=1S/C27H27N3O3/c1-20(16-17-21-10-4-2-5-11-21)28-25(31)19-30-24-15-9-8-14-23(24)29(26(32)27(30)33)18-22-12-6-3-7-13-22/h2-15,20H,16-19H2,1H3,(H,28,31)/t20-/m1/s1. The Morgan fingerprint density at radius 2 is 1.27 bits per heavy atom. The molecule has 0 saturated heterocycles. The van der Waals surface area contributed by atoms with Gasteiger partial charge in [0.05, 0.1) is 17.6 Å². The highest BCUT2D eigenvalue weighted by Crippen LogP contribution is 2.12. The lowest BCUT2D eigenvalue weighted by Crippen LogP contribution is -2.45. The fourth-order valence-corrected chi connectivity index (χ4v) is 4.01. The van der Waals surface area contributed by atoms with Gasteiger partial charge in [0.2, 0.25) is 5.91 Å². The molecule has 3 aromatic carbocycles. The Hall–Kier alpha value is -3.93. The summed E-state index contributed by atoms with van der Waals surface area (Å²) in [5.74, 6) is -0.289. The summed E-state index contributed by atoms with van der Waals surface area (Å²) in [6.07, 6.45) is 1.63. The molecule has 1 amide bonds. The molecule has 0 fully saturated rings. The Morgan fingerprint density at radius 1 is 0.758 bits per heavy atom. The van der Waals surface area contributed by atoms with Crippen molar-refractivity contribution < 1.29 is 4.79 Å². The molecule has 0 unspecified atom stereocenters. The molecule has 0 aliphatic rings. The van der Waals surface area contributed by atoms with Gasteiger partial charge in [-0.3, -0.25) is 23.5 Å². The smallest absolute Gasteiger partial charge is 0.317 e. The second-order valence-electron chi connectivity index (χ2n) is 8.25. The lowest BCUT2D eigenvalue weighted by molar-refractivity contribution is -0.122. The molecule has 4 rings (SSSR count). The molecule has 1 N–H and O–H groups in total. The van der Waals surface area contributed by atoms with Crippen molar-refractivity contribution in [1.82, 2.24) is 14.5 Å². The largest absolute Gasteiger partial charge is 0.352 e. The number of aryl methyl sites for hydroxylation is 1. The van der Waals surface area contributed by atoms with Crippen molar-refractivity contribution in [2.24, 2.45) is 0 Å². The molecule has 0 saturated carbocycles. The SMILES string of the molecule is C[C@H](CCc1ccccc1)NC(=O)Cn1c(=O)c(=O)n(Cc2ccccc2)c2ccccc21. The lowest BCUT2D eigenvalue weighted by atomic mass is 10.1. The highest BCUT2D eigenvalue weighted by molar-refractivity contribution is 5.80. The van der Waals surface area contributed by atoms with E-state index in [-0.39, 0.29) is 18.5 Å². The van der Waals surface area contributed by atoms with Crippen molar-refractivity contribution >= 4 is 16.9 Å². The van der Waals surface area contributed by atoms with E-state index in [0.717, 1.165) is 18.4 Å². The van der Waals surface area contributed by atoms with E-state index in [2.05, 4.69) is 17.4 Å². The van der Waals surface area contributed by atoms with E-state index in [1.807, 2.05) is 61.5 Å². The maximum atomic E-state index is 13.0. The predicted octanol–water partition coefficient (Wildman–Crippen LogP) is 3.35. The van der Waals surface area contributed by atoms with Crippen molar-refractivity contribution in [3.8, 4) is 0 Å². The van der Waals surface area contributed by atoms with Crippen LogP contribution in [0.1, 0.15) is 24.5 Å². The van der Waals surface area contributed by atoms with E-state index in [1.54, 1.807) is 18.2 Å². The van der Waals surface area contributed by atoms with Crippen molar-refractivity contribution in [1.29, 1.82) is 0 Å². The topological polar surface area (TPSA) is 73.1 Å². The molecule has 4 aromatic rings. The maximum absolute atomic E-state index is 13.0. The summed E-state index contributed by atoms with van der Waals surface area (Å²) in [7, 11) is 0. The van der Waals surface area contributed by atoms with Crippen LogP contribution in [0.2, 0.25) is 0 Å². The lowest BCUT2D eigenvalue weighted by Gasteiger charge is -2.17. The first-order valence-electron chi connectivity index (χ1n) is 11.1. The third-order valence-electron chi connectivity index (χ3n) is 5.74. The Morgan fingerprint density at radius 3 is 1.91 bits per heavy atom. The van der Waals surface area contributed by atoms with E-state index >= 15 is 0 Å². The highest BCUT2D eigenvalue weighted by Gasteiger charge is 2.16. The number of aromatic nitrogens is 2. The number of carbonyl (C=O) groups excluding carboxylic acids is 1. The fourth-order valence-electron chi connectivity index (χ4n) is 4.01. The summed E-state index contributed by atoms with van der Waals surface area (Å²) in [5, 5.41) is 2.96. The molecule has 33 heavy (non-hydrogen) atoms. The quantitative estimate of drug-likeness (QED) is 0.426. The first kappa shape index (κ1) is 22.3. The van der Waals surface area contributed by atoms with E-state index in [4.69, 9.17) is 0 Å². The number of carbonyl (C=O) groups is 1. The molecule has 0 radical (unpaired) electrons. The average Bonchev–Trinajstić information content (AvgIpc) is 2.84. The maximum Gasteiger partial charge on any atom is 0.317 e. The summed E-state index contributed by atoms with van der Waals surface area (Å²) in [6, 6.07) is 26.7. The summed E-state index contributed by atoms with van der Waals surface area (Å²) in [5.41, 5.74) is 1.98. The van der Waals surface area contributed by atoms with Crippen LogP contribution in [-0.4, -0.2) is 21.1 Å². The minimum atomic E-state index is -0.697. The Labute approximate surface area is 192 Å². The van der Waals surface area contributed by atoms with Gasteiger partial charge in [0, 0.05) is 6.04 Å². The van der Waals surface area contributed by atoms with Crippen LogP contribution < -0.4 is 16.4 Å². The normalized spacial score (nSPS) is 11.9. The minimum Gasteiger partial charge on any atom is -0.352 e. The molecular weight excluding hydrogens is 414 g/mol. The first-order chi connectivity index (χ1) is 16.0. The number of amides is 1. The van der Waals surface area contributed by atoms with Crippen molar-refractivity contribution in [2.75, 3.05) is 0 Å². The molecular formula is C27H27N3O3. The zero-order chi connectivity index (χ0) is 23.2. The van der Waals surface area contributed by atoms with Crippen LogP contribution in [0.4, 0.5) is 0 Å². The third kappa shape index (κ3) is 5.29. The molecule has 0 bridgehead atoms. The number of hydrogen-bond acceptors (Lipinski definition) is 3. The van der Waals surface area contributed by atoms with Crippen molar-refractivity contribution in [2.45, 2.75) is 38.9 Å². The van der Waals surface area contributed by atoms with Crippen molar-refractivity contribution in [3.63, 3.8) is 0 Å². The molecule has 1 aromatic heterocycles. The monoisotopic (exact) mass is 441 g/mol. The molecule has 168 valence electrons. The summed E-state index contributed by atoms with van der Waals surface area (Å²) >= 11 is 0. The van der Waals surface area contributed by atoms with Gasteiger partial charge in [0.1, 0.15) is 6.54 Å². The molecule has 1 heterocycles. The van der Waals surface area contributed by atoms with Gasteiger partial charge in [-0.1, -0.05) is 72.8 Å². The van der Waals surface area contributed by atoms with Gasteiger partial charge in [0.25, 0.3) is 0 Å². The zero-order valence-corrected chi connectivity index (χ0v) is 18.6. The molecule has 0 aliphatic carbocycles. The first-order valence-corrected chi connectivity index (χ1v) is 11.1. The summed E-state index contributed by atoms with van der Waals surface area (Å²) in [4.78, 5) is 38.7.